The molecule has 0 aliphatic heterocycles. The van der Waals surface area contributed by atoms with E-state index in [0.29, 0.717) is 19.0 Å². The van der Waals surface area contributed by atoms with Crippen molar-refractivity contribution in [2.75, 3.05) is 32.4 Å². The maximum Gasteiger partial charge on any atom is 0.213 e. The van der Waals surface area contributed by atoms with Gasteiger partial charge in [-0.25, -0.2) is 18.1 Å². The maximum atomic E-state index is 12.2. The average molecular weight is 556 g/mol. The van der Waals surface area contributed by atoms with Crippen LogP contribution < -0.4 is 10.0 Å². The number of aliphatic imine (C=N–C) groups is 1. The zero-order valence-corrected chi connectivity index (χ0v) is 21.4. The number of aryl methyl sites for hydroxylation is 2. The van der Waals surface area contributed by atoms with Crippen LogP contribution in [0.2, 0.25) is 0 Å². The number of hydrogen-bond acceptors (Lipinski definition) is 5. The first kappa shape index (κ1) is 24.8. The molecule has 0 amide bonds. The Morgan fingerprint density at radius 2 is 2.03 bits per heavy atom. The van der Waals surface area contributed by atoms with Gasteiger partial charge in [0.05, 0.1) is 24.5 Å². The highest BCUT2D eigenvalue weighted by molar-refractivity contribution is 14.0. The number of rotatable bonds is 9. The monoisotopic (exact) mass is 555 g/mol. The van der Waals surface area contributed by atoms with Crippen LogP contribution in [0.15, 0.2) is 4.99 Å². The first-order valence-corrected chi connectivity index (χ1v) is 12.9. The molecule has 7 nitrogen and oxygen atoms in total. The van der Waals surface area contributed by atoms with Gasteiger partial charge in [0.15, 0.2) is 5.96 Å². The minimum absolute atomic E-state index is 0. The molecule has 0 spiro atoms. The second kappa shape index (κ2) is 11.8. The van der Waals surface area contributed by atoms with Gasteiger partial charge in [0.1, 0.15) is 5.01 Å². The van der Waals surface area contributed by atoms with Gasteiger partial charge in [-0.05, 0) is 51.4 Å². The fourth-order valence-electron chi connectivity index (χ4n) is 3.51. The summed E-state index contributed by atoms with van der Waals surface area (Å²) in [6.45, 7) is 4.27. The summed E-state index contributed by atoms with van der Waals surface area (Å²) in [7, 11) is -1.29. The lowest BCUT2D eigenvalue weighted by atomic mass is 9.86. The van der Waals surface area contributed by atoms with Crippen LogP contribution in [0.4, 0.5) is 0 Å². The molecule has 29 heavy (non-hydrogen) atoms. The third-order valence-corrected chi connectivity index (χ3v) is 7.87. The molecule has 10 heteroatoms. The van der Waals surface area contributed by atoms with E-state index in [0.717, 1.165) is 43.2 Å². The Morgan fingerprint density at radius 1 is 1.28 bits per heavy atom. The third-order valence-electron chi connectivity index (χ3n) is 5.40. The van der Waals surface area contributed by atoms with Gasteiger partial charge in [0.25, 0.3) is 0 Å². The van der Waals surface area contributed by atoms with E-state index in [9.17, 15) is 8.42 Å². The lowest BCUT2D eigenvalue weighted by Crippen LogP contribution is -2.39. The van der Waals surface area contributed by atoms with E-state index in [1.165, 1.54) is 29.8 Å². The molecule has 0 bridgehead atoms. The van der Waals surface area contributed by atoms with Gasteiger partial charge in [-0.2, -0.15) is 0 Å². The molecule has 166 valence electrons. The van der Waals surface area contributed by atoms with Crippen molar-refractivity contribution < 1.29 is 8.42 Å². The summed E-state index contributed by atoms with van der Waals surface area (Å²) in [5.41, 5.74) is 1.27. The summed E-state index contributed by atoms with van der Waals surface area (Å²) in [5, 5.41) is 4.36. The average Bonchev–Trinajstić information content (AvgIpc) is 3.01. The van der Waals surface area contributed by atoms with Crippen LogP contribution in [0.1, 0.15) is 54.6 Å². The number of aromatic nitrogens is 1. The highest BCUT2D eigenvalue weighted by atomic mass is 127. The Balaban J connectivity index is 0.00000300. The molecule has 2 aliphatic carbocycles. The molecule has 0 aromatic carbocycles. The van der Waals surface area contributed by atoms with Gasteiger partial charge in [0.2, 0.25) is 10.0 Å². The maximum absolute atomic E-state index is 12.2. The molecule has 0 radical (unpaired) electrons. The van der Waals surface area contributed by atoms with Crippen LogP contribution in [0.25, 0.3) is 0 Å². The number of sulfonamides is 1. The van der Waals surface area contributed by atoms with Gasteiger partial charge in [-0.15, -0.1) is 35.3 Å². The summed E-state index contributed by atoms with van der Waals surface area (Å²) in [5.74, 6) is 1.27. The van der Waals surface area contributed by atoms with Crippen molar-refractivity contribution in [2.45, 2.75) is 58.4 Å². The fourth-order valence-corrected chi connectivity index (χ4v) is 5.68. The first-order valence-electron chi connectivity index (χ1n) is 10.4. The quantitative estimate of drug-likeness (QED) is 0.278. The van der Waals surface area contributed by atoms with E-state index in [1.54, 1.807) is 11.3 Å². The number of halogens is 1. The van der Waals surface area contributed by atoms with Crippen LogP contribution in [0.5, 0.6) is 0 Å². The van der Waals surface area contributed by atoms with Gasteiger partial charge in [-0.3, -0.25) is 4.99 Å². The van der Waals surface area contributed by atoms with Crippen LogP contribution in [-0.2, 0) is 29.4 Å². The molecule has 0 saturated heterocycles. The third kappa shape index (κ3) is 7.62. The Morgan fingerprint density at radius 3 is 2.69 bits per heavy atom. The molecule has 1 aromatic heterocycles. The zero-order chi connectivity index (χ0) is 20.0. The van der Waals surface area contributed by atoms with E-state index < -0.39 is 10.0 Å². The highest BCUT2D eigenvalue weighted by Gasteiger charge is 2.20. The Bertz CT molecular complexity index is 754. The van der Waals surface area contributed by atoms with Crippen LogP contribution in [0, 0.1) is 5.92 Å². The zero-order valence-electron chi connectivity index (χ0n) is 17.4. The molecule has 1 fully saturated rings. The van der Waals surface area contributed by atoms with Gasteiger partial charge in [0, 0.05) is 25.0 Å². The SMILES string of the molecule is CCNC(=NCCS(=O)(=O)NCC1CCC1)N(C)Cc1nc2c(s1)CCCC2.I. The predicted octanol–water partition coefficient (Wildman–Crippen LogP) is 2.76. The summed E-state index contributed by atoms with van der Waals surface area (Å²) in [4.78, 5) is 12.8. The van der Waals surface area contributed by atoms with Crippen molar-refractivity contribution in [1.82, 2.24) is 19.9 Å². The summed E-state index contributed by atoms with van der Waals surface area (Å²) < 4.78 is 27.1. The van der Waals surface area contributed by atoms with Crippen molar-refractivity contribution in [2.24, 2.45) is 10.9 Å². The second-order valence-electron chi connectivity index (χ2n) is 7.74. The Hall–Kier alpha value is -0.460. The van der Waals surface area contributed by atoms with Crippen molar-refractivity contribution in [3.63, 3.8) is 0 Å². The van der Waals surface area contributed by atoms with Crippen molar-refractivity contribution in [1.29, 1.82) is 0 Å². The van der Waals surface area contributed by atoms with E-state index in [1.807, 2.05) is 18.9 Å². The van der Waals surface area contributed by atoms with Crippen LogP contribution in [-0.4, -0.2) is 56.7 Å². The van der Waals surface area contributed by atoms with Crippen molar-refractivity contribution in [3.8, 4) is 0 Å². The Labute approximate surface area is 196 Å². The van der Waals surface area contributed by atoms with E-state index in [2.05, 4.69) is 15.0 Å². The number of nitrogens with one attached hydrogen (secondary N) is 2. The first-order chi connectivity index (χ1) is 13.5. The Kier molecular flexibility index (Phi) is 10.1. The molecule has 2 aliphatic rings. The van der Waals surface area contributed by atoms with E-state index in [-0.39, 0.29) is 36.3 Å². The fraction of sp³-hybridized carbons (Fsp3) is 0.789. The molecule has 3 rings (SSSR count). The van der Waals surface area contributed by atoms with Crippen molar-refractivity contribution in [3.05, 3.63) is 15.6 Å². The molecule has 0 atom stereocenters. The van der Waals surface area contributed by atoms with Crippen LogP contribution in [0.3, 0.4) is 0 Å². The minimum atomic E-state index is -3.26. The molecule has 1 aromatic rings. The van der Waals surface area contributed by atoms with Crippen LogP contribution >= 0.6 is 35.3 Å². The lowest BCUT2D eigenvalue weighted by Gasteiger charge is -2.25. The largest absolute Gasteiger partial charge is 0.357 e. The highest BCUT2D eigenvalue weighted by Crippen LogP contribution is 2.27. The smallest absolute Gasteiger partial charge is 0.213 e. The van der Waals surface area contributed by atoms with Gasteiger partial charge in [-0.1, -0.05) is 6.42 Å². The standard InChI is InChI=1S/C19H33N5O2S2.HI/c1-3-20-19(21-11-12-28(25,26)22-13-15-7-6-8-15)24(2)14-18-23-16-9-4-5-10-17(16)27-18;/h15,22H,3-14H2,1-2H3,(H,20,21);1H. The predicted molar refractivity (Wildman–Crippen MR) is 131 cm³/mol. The van der Waals surface area contributed by atoms with Crippen molar-refractivity contribution >= 4 is 51.3 Å². The summed E-state index contributed by atoms with van der Waals surface area (Å²) >= 11 is 1.80. The summed E-state index contributed by atoms with van der Waals surface area (Å²) in [6.07, 6.45) is 8.23. The lowest BCUT2D eigenvalue weighted by molar-refractivity contribution is 0.316. The number of fused-ring (bicyclic) bond motifs is 1. The number of hydrogen-bond donors (Lipinski definition) is 2. The van der Waals surface area contributed by atoms with E-state index >= 15 is 0 Å². The number of thiazole rings is 1. The van der Waals surface area contributed by atoms with E-state index in [4.69, 9.17) is 4.98 Å². The summed E-state index contributed by atoms with van der Waals surface area (Å²) in [6, 6.07) is 0. The minimum Gasteiger partial charge on any atom is -0.357 e. The number of guanidine groups is 1. The molecule has 2 N–H and O–H groups in total. The molecule has 1 heterocycles. The number of nitrogens with zero attached hydrogens (tertiary/aromatic N) is 3. The molecule has 1 saturated carbocycles. The molecular weight excluding hydrogens is 521 g/mol. The topological polar surface area (TPSA) is 86.7 Å². The van der Waals surface area contributed by atoms with Gasteiger partial charge >= 0.3 is 0 Å². The van der Waals surface area contributed by atoms with Gasteiger partial charge < -0.3 is 10.2 Å². The normalized spacial score (nSPS) is 17.2. The molecule has 0 unspecified atom stereocenters. The molecular formula is C19H34IN5O2S2. The second-order valence-corrected chi connectivity index (χ2v) is 10.8.